The number of hydrogen-bond acceptors (Lipinski definition) is 4. The van der Waals surface area contributed by atoms with Crippen molar-refractivity contribution in [3.63, 3.8) is 0 Å². The molecule has 86 valence electrons. The third-order valence-corrected chi connectivity index (χ3v) is 2.56. The predicted octanol–water partition coefficient (Wildman–Crippen LogP) is 2.18. The van der Waals surface area contributed by atoms with Gasteiger partial charge in [-0.15, -0.1) is 0 Å². The molecule has 0 radical (unpaired) electrons. The molecule has 2 rings (SSSR count). The van der Waals surface area contributed by atoms with E-state index in [4.69, 9.17) is 14.7 Å². The van der Waals surface area contributed by atoms with Crippen LogP contribution in [0.5, 0.6) is 0 Å². The molecule has 4 heteroatoms. The molecule has 1 unspecified atom stereocenters. The Morgan fingerprint density at radius 3 is 2.75 bits per heavy atom. The fraction of sp³-hybridized carbons (Fsp3) is 0.333. The average molecular weight is 220 g/mol. The first kappa shape index (κ1) is 11.0. The molecule has 4 nitrogen and oxygen atoms in total. The molecule has 3 N–H and O–H groups in total. The van der Waals surface area contributed by atoms with E-state index in [1.54, 1.807) is 6.26 Å². The van der Waals surface area contributed by atoms with E-state index in [2.05, 4.69) is 12.3 Å². The second kappa shape index (κ2) is 5.01. The standard InChI is InChI=1S/C12H16N2O2/c1-2-9-5-6-12(16-9)11(14-13)8-10-4-3-7-15-10/h3-7,11,14H,2,8,13H2,1H3. The monoisotopic (exact) mass is 220 g/mol. The van der Waals surface area contributed by atoms with Gasteiger partial charge in [0.05, 0.1) is 12.3 Å². The van der Waals surface area contributed by atoms with Gasteiger partial charge in [-0.1, -0.05) is 6.92 Å². The highest BCUT2D eigenvalue weighted by molar-refractivity contribution is 5.13. The summed E-state index contributed by atoms with van der Waals surface area (Å²) >= 11 is 0. The van der Waals surface area contributed by atoms with Crippen LogP contribution >= 0.6 is 0 Å². The summed E-state index contributed by atoms with van der Waals surface area (Å²) in [7, 11) is 0. The summed E-state index contributed by atoms with van der Waals surface area (Å²) in [6, 6.07) is 7.66. The van der Waals surface area contributed by atoms with Crippen molar-refractivity contribution in [2.75, 3.05) is 0 Å². The van der Waals surface area contributed by atoms with Gasteiger partial charge in [-0.2, -0.15) is 0 Å². The number of hydrogen-bond donors (Lipinski definition) is 2. The normalized spacial score (nSPS) is 12.9. The van der Waals surface area contributed by atoms with Crippen molar-refractivity contribution < 1.29 is 8.83 Å². The zero-order valence-corrected chi connectivity index (χ0v) is 9.27. The summed E-state index contributed by atoms with van der Waals surface area (Å²) in [5.74, 6) is 8.22. The van der Waals surface area contributed by atoms with Crippen LogP contribution in [0.1, 0.15) is 30.2 Å². The van der Waals surface area contributed by atoms with Gasteiger partial charge < -0.3 is 8.83 Å². The van der Waals surface area contributed by atoms with Crippen LogP contribution in [0, 0.1) is 0 Å². The van der Waals surface area contributed by atoms with E-state index in [0.29, 0.717) is 6.42 Å². The van der Waals surface area contributed by atoms with Crippen molar-refractivity contribution in [3.8, 4) is 0 Å². The van der Waals surface area contributed by atoms with Crippen LogP contribution in [0.4, 0.5) is 0 Å². The second-order valence-electron chi connectivity index (χ2n) is 3.66. The Hall–Kier alpha value is -1.52. The van der Waals surface area contributed by atoms with Crippen LogP contribution < -0.4 is 11.3 Å². The Morgan fingerprint density at radius 2 is 2.19 bits per heavy atom. The molecule has 2 aromatic heterocycles. The van der Waals surface area contributed by atoms with Crippen LogP contribution in [0.25, 0.3) is 0 Å². The Balaban J connectivity index is 2.10. The number of rotatable bonds is 5. The summed E-state index contributed by atoms with van der Waals surface area (Å²) in [4.78, 5) is 0. The SMILES string of the molecule is CCc1ccc(C(Cc2ccco2)NN)o1. The average Bonchev–Trinajstić information content (AvgIpc) is 2.96. The van der Waals surface area contributed by atoms with Crippen molar-refractivity contribution in [3.05, 3.63) is 47.8 Å². The number of hydrazine groups is 1. The Bertz CT molecular complexity index is 420. The van der Waals surface area contributed by atoms with Gasteiger partial charge in [-0.3, -0.25) is 5.84 Å². The van der Waals surface area contributed by atoms with E-state index in [0.717, 1.165) is 23.7 Å². The number of nitrogens with two attached hydrogens (primary N) is 1. The Kier molecular flexibility index (Phi) is 3.44. The lowest BCUT2D eigenvalue weighted by Crippen LogP contribution is -2.29. The van der Waals surface area contributed by atoms with E-state index in [1.165, 1.54) is 0 Å². The summed E-state index contributed by atoms with van der Waals surface area (Å²) in [6.07, 6.45) is 3.22. The summed E-state index contributed by atoms with van der Waals surface area (Å²) in [5, 5.41) is 0. The van der Waals surface area contributed by atoms with Crippen molar-refractivity contribution in [1.82, 2.24) is 5.43 Å². The van der Waals surface area contributed by atoms with E-state index >= 15 is 0 Å². The van der Waals surface area contributed by atoms with Crippen LogP contribution in [-0.4, -0.2) is 0 Å². The van der Waals surface area contributed by atoms with E-state index in [-0.39, 0.29) is 6.04 Å². The van der Waals surface area contributed by atoms with Gasteiger partial charge in [-0.25, -0.2) is 5.43 Å². The summed E-state index contributed by atoms with van der Waals surface area (Å²) < 4.78 is 10.9. The highest BCUT2D eigenvalue weighted by Gasteiger charge is 2.15. The van der Waals surface area contributed by atoms with Crippen molar-refractivity contribution >= 4 is 0 Å². The minimum absolute atomic E-state index is 0.0496. The van der Waals surface area contributed by atoms with Gasteiger partial charge in [-0.05, 0) is 24.3 Å². The smallest absolute Gasteiger partial charge is 0.122 e. The first-order chi connectivity index (χ1) is 7.83. The summed E-state index contributed by atoms with van der Waals surface area (Å²) in [5.41, 5.74) is 2.74. The molecule has 0 aliphatic rings. The van der Waals surface area contributed by atoms with Crippen LogP contribution in [0.15, 0.2) is 39.4 Å². The minimum atomic E-state index is -0.0496. The third-order valence-electron chi connectivity index (χ3n) is 2.56. The van der Waals surface area contributed by atoms with Gasteiger partial charge in [0.2, 0.25) is 0 Å². The molecule has 0 saturated carbocycles. The molecule has 1 atom stereocenters. The molecule has 0 aliphatic heterocycles. The quantitative estimate of drug-likeness (QED) is 0.598. The van der Waals surface area contributed by atoms with Gasteiger partial charge in [0.15, 0.2) is 0 Å². The molecule has 0 saturated heterocycles. The zero-order valence-electron chi connectivity index (χ0n) is 9.27. The van der Waals surface area contributed by atoms with Gasteiger partial charge in [0.1, 0.15) is 17.3 Å². The van der Waals surface area contributed by atoms with E-state index < -0.39 is 0 Å². The molecule has 0 bridgehead atoms. The topological polar surface area (TPSA) is 64.3 Å². The number of furan rings is 2. The van der Waals surface area contributed by atoms with E-state index in [1.807, 2.05) is 24.3 Å². The first-order valence-electron chi connectivity index (χ1n) is 5.40. The molecule has 0 amide bonds. The molecule has 0 aromatic carbocycles. The summed E-state index contributed by atoms with van der Waals surface area (Å²) in [6.45, 7) is 2.06. The fourth-order valence-corrected chi connectivity index (χ4v) is 1.64. The van der Waals surface area contributed by atoms with E-state index in [9.17, 15) is 0 Å². The van der Waals surface area contributed by atoms with Gasteiger partial charge in [0.25, 0.3) is 0 Å². The van der Waals surface area contributed by atoms with Crippen molar-refractivity contribution in [1.29, 1.82) is 0 Å². The zero-order chi connectivity index (χ0) is 11.4. The molecule has 0 fully saturated rings. The fourth-order valence-electron chi connectivity index (χ4n) is 1.64. The molecule has 2 aromatic rings. The maximum Gasteiger partial charge on any atom is 0.122 e. The van der Waals surface area contributed by atoms with Gasteiger partial charge >= 0.3 is 0 Å². The lowest BCUT2D eigenvalue weighted by molar-refractivity contribution is 0.376. The molecular weight excluding hydrogens is 204 g/mol. The van der Waals surface area contributed by atoms with Crippen molar-refractivity contribution in [2.24, 2.45) is 5.84 Å². The molecule has 0 spiro atoms. The van der Waals surface area contributed by atoms with Crippen molar-refractivity contribution in [2.45, 2.75) is 25.8 Å². The predicted molar refractivity (Wildman–Crippen MR) is 60.6 cm³/mol. The molecular formula is C12H16N2O2. The molecule has 0 aliphatic carbocycles. The Labute approximate surface area is 94.4 Å². The second-order valence-corrected chi connectivity index (χ2v) is 3.66. The highest BCUT2D eigenvalue weighted by Crippen LogP contribution is 2.20. The minimum Gasteiger partial charge on any atom is -0.469 e. The Morgan fingerprint density at radius 1 is 1.31 bits per heavy atom. The third kappa shape index (κ3) is 2.35. The van der Waals surface area contributed by atoms with Crippen LogP contribution in [0.3, 0.4) is 0 Å². The first-order valence-corrected chi connectivity index (χ1v) is 5.40. The number of nitrogens with one attached hydrogen (secondary N) is 1. The van der Waals surface area contributed by atoms with Gasteiger partial charge in [0, 0.05) is 12.8 Å². The highest BCUT2D eigenvalue weighted by atomic mass is 16.3. The maximum atomic E-state index is 5.65. The lowest BCUT2D eigenvalue weighted by Gasteiger charge is -2.11. The molecule has 2 heterocycles. The maximum absolute atomic E-state index is 5.65. The van der Waals surface area contributed by atoms with Crippen LogP contribution in [-0.2, 0) is 12.8 Å². The lowest BCUT2D eigenvalue weighted by atomic mass is 10.1. The largest absolute Gasteiger partial charge is 0.469 e. The van der Waals surface area contributed by atoms with Crippen LogP contribution in [0.2, 0.25) is 0 Å². The molecule has 16 heavy (non-hydrogen) atoms. The number of aryl methyl sites for hydroxylation is 1.